The Balaban J connectivity index is 4.31. The average Bonchev–Trinajstić information content (AvgIpc) is 1.95. The highest BCUT2D eigenvalue weighted by atomic mass is 16.7. The van der Waals surface area contributed by atoms with Gasteiger partial charge >= 0.3 is 12.1 Å². The van der Waals surface area contributed by atoms with Crippen LogP contribution in [0.4, 0.5) is 4.79 Å². The maximum Gasteiger partial charge on any atom is 0.408 e. The number of carbonyl (C=O) groups excluding carboxylic acids is 1. The third-order valence-electron chi connectivity index (χ3n) is 1.60. The number of alkyl carbamates (subject to hydrolysis) is 1. The van der Waals surface area contributed by atoms with Crippen LogP contribution in [0.3, 0.4) is 0 Å². The molecule has 5 heteroatoms. The van der Waals surface area contributed by atoms with E-state index in [0.717, 1.165) is 0 Å². The fourth-order valence-corrected chi connectivity index (χ4v) is 0.948. The van der Waals surface area contributed by atoms with E-state index in [4.69, 9.17) is 9.84 Å². The number of amides is 1. The molecule has 0 rings (SSSR count). The SMILES string of the molecule is CC(C)[14C@H](NC(=O)OC(C)(C)C)[14C](=O)O. The van der Waals surface area contributed by atoms with Crippen molar-refractivity contribution in [1.29, 1.82) is 0 Å². The van der Waals surface area contributed by atoms with E-state index in [-0.39, 0.29) is 5.92 Å². The van der Waals surface area contributed by atoms with E-state index in [9.17, 15) is 9.59 Å². The minimum Gasteiger partial charge on any atom is -0.480 e. The van der Waals surface area contributed by atoms with E-state index in [1.165, 1.54) is 0 Å². The maximum absolute atomic E-state index is 11.3. The zero-order valence-electron chi connectivity index (χ0n) is 9.83. The number of carboxylic acids is 1. The summed E-state index contributed by atoms with van der Waals surface area (Å²) in [6.07, 6.45) is -0.705. The smallest absolute Gasteiger partial charge is 0.408 e. The molecule has 2 N–H and O–H groups in total. The average molecular weight is 221 g/mol. The summed E-state index contributed by atoms with van der Waals surface area (Å²) in [6.45, 7) is 8.60. The molecule has 0 bridgehead atoms. The van der Waals surface area contributed by atoms with Gasteiger partial charge in [0.25, 0.3) is 0 Å². The molecule has 15 heavy (non-hydrogen) atoms. The first-order valence-corrected chi connectivity index (χ1v) is 4.86. The van der Waals surface area contributed by atoms with Crippen molar-refractivity contribution in [2.75, 3.05) is 0 Å². The summed E-state index contributed by atoms with van der Waals surface area (Å²) < 4.78 is 4.96. The van der Waals surface area contributed by atoms with Crippen molar-refractivity contribution >= 4 is 12.1 Å². The highest BCUT2D eigenvalue weighted by molar-refractivity contribution is 5.80. The molecule has 0 aliphatic heterocycles. The molecule has 0 radical (unpaired) electrons. The third-order valence-corrected chi connectivity index (χ3v) is 1.60. The summed E-state index contributed by atoms with van der Waals surface area (Å²) in [5.41, 5.74) is -0.621. The fraction of sp³-hybridized carbons (Fsp3) is 0.800. The summed E-state index contributed by atoms with van der Waals surface area (Å²) in [5, 5.41) is 11.1. The van der Waals surface area contributed by atoms with E-state index in [0.29, 0.717) is 0 Å². The number of aliphatic carboxylic acids is 1. The highest BCUT2D eigenvalue weighted by Gasteiger charge is 2.26. The highest BCUT2D eigenvalue weighted by Crippen LogP contribution is 2.08. The van der Waals surface area contributed by atoms with Gasteiger partial charge in [-0.3, -0.25) is 0 Å². The molecule has 0 fully saturated rings. The zero-order valence-corrected chi connectivity index (χ0v) is 9.83. The third kappa shape index (κ3) is 5.93. The van der Waals surface area contributed by atoms with Crippen molar-refractivity contribution in [1.82, 2.24) is 5.32 Å². The number of carboxylic acid groups (broad SMARTS) is 1. The second kappa shape index (κ2) is 5.00. The lowest BCUT2D eigenvalue weighted by molar-refractivity contribution is -0.140. The van der Waals surface area contributed by atoms with Gasteiger partial charge in [0.2, 0.25) is 0 Å². The van der Waals surface area contributed by atoms with E-state index in [1.807, 2.05) is 0 Å². The summed E-state index contributed by atoms with van der Waals surface area (Å²) in [5.74, 6) is -1.24. The summed E-state index contributed by atoms with van der Waals surface area (Å²) in [7, 11) is 0. The minimum atomic E-state index is -1.06. The number of carbonyl (C=O) groups is 2. The Morgan fingerprint density at radius 3 is 2.20 bits per heavy atom. The molecule has 0 spiro atoms. The predicted octanol–water partition coefficient (Wildman–Crippen LogP) is 1.62. The van der Waals surface area contributed by atoms with Crippen LogP contribution in [-0.4, -0.2) is 28.8 Å². The van der Waals surface area contributed by atoms with Gasteiger partial charge in [-0.05, 0) is 26.7 Å². The zero-order chi connectivity index (χ0) is 12.2. The van der Waals surface area contributed by atoms with Crippen LogP contribution in [0.25, 0.3) is 0 Å². The second-order valence-electron chi connectivity index (χ2n) is 4.71. The normalized spacial score (nSPS) is 13.5. The molecule has 0 heterocycles. The summed E-state index contributed by atoms with van der Waals surface area (Å²) >= 11 is 0. The topological polar surface area (TPSA) is 75.6 Å². The molecular weight excluding hydrogens is 202 g/mol. The van der Waals surface area contributed by atoms with Gasteiger partial charge in [0, 0.05) is 0 Å². The van der Waals surface area contributed by atoms with Gasteiger partial charge in [0.1, 0.15) is 11.6 Å². The lowest BCUT2D eigenvalue weighted by atomic mass is 10.2. The Kier molecular flexibility index (Phi) is 4.58. The van der Waals surface area contributed by atoms with Crippen LogP contribution >= 0.6 is 0 Å². The lowest BCUT2D eigenvalue weighted by Gasteiger charge is -2.23. The number of ether oxygens (including phenoxy) is 1. The minimum absolute atomic E-state index is 0.185. The van der Waals surface area contributed by atoms with Gasteiger partial charge in [-0.15, -0.1) is 0 Å². The van der Waals surface area contributed by atoms with Crippen LogP contribution < -0.4 is 5.32 Å². The van der Waals surface area contributed by atoms with Crippen molar-refractivity contribution in [2.24, 2.45) is 5.92 Å². The van der Waals surface area contributed by atoms with Gasteiger partial charge in [0.05, 0.1) is 0 Å². The van der Waals surface area contributed by atoms with Gasteiger partial charge in [-0.2, -0.15) is 0 Å². The molecule has 0 aromatic heterocycles. The maximum atomic E-state index is 11.3. The van der Waals surface area contributed by atoms with E-state index >= 15 is 0 Å². The molecule has 1 atom stereocenters. The van der Waals surface area contributed by atoms with Crippen molar-refractivity contribution in [3.8, 4) is 0 Å². The van der Waals surface area contributed by atoms with E-state index < -0.39 is 23.7 Å². The van der Waals surface area contributed by atoms with Crippen LogP contribution in [0, 0.1) is 5.92 Å². The van der Waals surface area contributed by atoms with Crippen LogP contribution in [0.5, 0.6) is 0 Å². The Labute approximate surface area is 89.8 Å². The molecular formula is C10H19NO4. The van der Waals surface area contributed by atoms with Crippen LogP contribution in [0.15, 0.2) is 0 Å². The van der Waals surface area contributed by atoms with Gasteiger partial charge in [-0.1, -0.05) is 13.8 Å². The van der Waals surface area contributed by atoms with E-state index in [2.05, 4.69) is 5.32 Å². The molecule has 88 valence electrons. The molecule has 0 saturated carbocycles. The lowest BCUT2D eigenvalue weighted by Crippen LogP contribution is -2.46. The number of hydrogen-bond acceptors (Lipinski definition) is 3. The number of hydrogen-bond donors (Lipinski definition) is 2. The van der Waals surface area contributed by atoms with Gasteiger partial charge in [-0.25, -0.2) is 9.59 Å². The summed E-state index contributed by atoms with van der Waals surface area (Å²) in [4.78, 5) is 22.1. The van der Waals surface area contributed by atoms with Crippen LogP contribution in [0.1, 0.15) is 34.6 Å². The first-order chi connectivity index (χ1) is 6.63. The monoisotopic (exact) mass is 221 g/mol. The standard InChI is InChI=1S/C10H19NO4/c1-6(2)7(8(12)13)11-9(14)15-10(3,4)5/h6-7H,1-5H3,(H,11,14)(H,12,13)/t7-/m0/s1/i7+2,8+2. The first kappa shape index (κ1) is 13.7. The molecule has 0 unspecified atom stereocenters. The Morgan fingerprint density at radius 2 is 1.93 bits per heavy atom. The quantitative estimate of drug-likeness (QED) is 0.759. The van der Waals surface area contributed by atoms with Crippen molar-refractivity contribution in [3.05, 3.63) is 0 Å². The Hall–Kier alpha value is -1.26. The molecule has 1 amide bonds. The molecule has 5 nitrogen and oxygen atoms in total. The summed E-state index contributed by atoms with van der Waals surface area (Å²) in [6, 6.07) is -0.917. The van der Waals surface area contributed by atoms with Crippen molar-refractivity contribution in [3.63, 3.8) is 0 Å². The Bertz CT molecular complexity index is 242. The van der Waals surface area contributed by atoms with Gasteiger partial charge < -0.3 is 15.2 Å². The molecule has 0 aromatic rings. The molecule has 0 aromatic carbocycles. The predicted molar refractivity (Wildman–Crippen MR) is 55.6 cm³/mol. The van der Waals surface area contributed by atoms with E-state index in [1.54, 1.807) is 34.6 Å². The first-order valence-electron chi connectivity index (χ1n) is 4.86. The van der Waals surface area contributed by atoms with Gasteiger partial charge in [0.15, 0.2) is 0 Å². The van der Waals surface area contributed by atoms with Crippen LogP contribution in [-0.2, 0) is 9.53 Å². The molecule has 0 aliphatic carbocycles. The Morgan fingerprint density at radius 1 is 1.47 bits per heavy atom. The molecule has 0 aliphatic rings. The number of rotatable bonds is 3. The number of nitrogens with one attached hydrogen (secondary N) is 1. The fourth-order valence-electron chi connectivity index (χ4n) is 0.948. The second-order valence-corrected chi connectivity index (χ2v) is 4.71. The molecule has 0 saturated heterocycles. The van der Waals surface area contributed by atoms with Crippen molar-refractivity contribution < 1.29 is 19.4 Å². The largest absolute Gasteiger partial charge is 0.480 e. The van der Waals surface area contributed by atoms with Crippen LogP contribution in [0.2, 0.25) is 0 Å². The van der Waals surface area contributed by atoms with Crippen molar-refractivity contribution in [2.45, 2.75) is 46.3 Å².